The third kappa shape index (κ3) is 3.83. The first-order chi connectivity index (χ1) is 12.9. The van der Waals surface area contributed by atoms with Gasteiger partial charge in [0.15, 0.2) is 5.69 Å². The first-order valence-electron chi connectivity index (χ1n) is 8.16. The minimum Gasteiger partial charge on any atom is -0.462 e. The first-order valence-corrected chi connectivity index (χ1v) is 8.53. The van der Waals surface area contributed by atoms with Crippen LogP contribution in [0.25, 0.3) is 10.9 Å². The molecular weight excluding hydrogens is 370 g/mol. The molecule has 1 heterocycles. The van der Waals surface area contributed by atoms with Gasteiger partial charge in [-0.1, -0.05) is 11.6 Å². The molecule has 138 valence electrons. The molecule has 7 nitrogen and oxygen atoms in total. The second-order valence-electron chi connectivity index (χ2n) is 5.71. The minimum atomic E-state index is -0.652. The van der Waals surface area contributed by atoms with Crippen LogP contribution in [0.2, 0.25) is 5.02 Å². The number of carbonyl (C=O) groups excluding carboxylic acids is 2. The summed E-state index contributed by atoms with van der Waals surface area (Å²) in [5.74, 6) is -1.10. The molecule has 0 saturated carbocycles. The number of aryl methyl sites for hydroxylation is 1. The number of hydrogen-bond acceptors (Lipinski definition) is 5. The van der Waals surface area contributed by atoms with Crippen molar-refractivity contribution in [2.75, 3.05) is 11.9 Å². The number of rotatable bonds is 4. The molecule has 0 aliphatic carbocycles. The molecule has 8 heteroatoms. The summed E-state index contributed by atoms with van der Waals surface area (Å²) in [6.45, 7) is 2.00. The average Bonchev–Trinajstić information content (AvgIpc) is 2.65. The molecule has 1 N–H and O–H groups in total. The zero-order valence-electron chi connectivity index (χ0n) is 14.7. The fourth-order valence-corrected chi connectivity index (χ4v) is 2.76. The number of nitrogens with zero attached hydrogens (tertiary/aromatic N) is 2. The largest absolute Gasteiger partial charge is 0.462 e. The molecule has 3 rings (SSSR count). The summed E-state index contributed by atoms with van der Waals surface area (Å²) < 4.78 is 6.36. The number of hydrogen-bond donors (Lipinski definition) is 1. The number of anilines is 1. The van der Waals surface area contributed by atoms with Crippen LogP contribution in [-0.2, 0) is 11.8 Å². The SMILES string of the molecule is CCOC(=O)c1ccc(NC(=O)c2nn(C)c3ccc(Cl)cc3c2=O)cc1. The van der Waals surface area contributed by atoms with Crippen molar-refractivity contribution in [2.45, 2.75) is 6.92 Å². The lowest BCUT2D eigenvalue weighted by molar-refractivity contribution is 0.0526. The quantitative estimate of drug-likeness (QED) is 0.697. The van der Waals surface area contributed by atoms with Gasteiger partial charge in [-0.05, 0) is 49.4 Å². The van der Waals surface area contributed by atoms with E-state index >= 15 is 0 Å². The van der Waals surface area contributed by atoms with Crippen molar-refractivity contribution in [1.82, 2.24) is 9.78 Å². The Balaban J connectivity index is 1.89. The van der Waals surface area contributed by atoms with Crippen molar-refractivity contribution in [2.24, 2.45) is 7.05 Å². The standard InChI is InChI=1S/C19H16ClN3O4/c1-3-27-19(26)11-4-7-13(8-5-11)21-18(25)16-17(24)14-10-12(20)6-9-15(14)23(2)22-16/h4-10H,3H2,1-2H3,(H,21,25). The summed E-state index contributed by atoms with van der Waals surface area (Å²) in [6, 6.07) is 11.0. The number of aromatic nitrogens is 2. The Morgan fingerprint density at radius 2 is 1.89 bits per heavy atom. The molecule has 0 aliphatic heterocycles. The van der Waals surface area contributed by atoms with Crippen LogP contribution in [0.15, 0.2) is 47.3 Å². The van der Waals surface area contributed by atoms with Gasteiger partial charge in [0, 0.05) is 17.8 Å². The normalized spacial score (nSPS) is 10.6. The summed E-state index contributed by atoms with van der Waals surface area (Å²) in [6.07, 6.45) is 0. The van der Waals surface area contributed by atoms with E-state index < -0.39 is 17.3 Å². The van der Waals surface area contributed by atoms with E-state index in [0.717, 1.165) is 0 Å². The van der Waals surface area contributed by atoms with Gasteiger partial charge in [-0.25, -0.2) is 4.79 Å². The van der Waals surface area contributed by atoms with Crippen LogP contribution in [0.1, 0.15) is 27.8 Å². The van der Waals surface area contributed by atoms with Gasteiger partial charge in [-0.2, -0.15) is 5.10 Å². The smallest absolute Gasteiger partial charge is 0.338 e. The van der Waals surface area contributed by atoms with Gasteiger partial charge in [0.2, 0.25) is 5.43 Å². The topological polar surface area (TPSA) is 90.3 Å². The second-order valence-corrected chi connectivity index (χ2v) is 6.15. The third-order valence-electron chi connectivity index (χ3n) is 3.89. The van der Waals surface area contributed by atoms with Crippen LogP contribution in [0, 0.1) is 0 Å². The summed E-state index contributed by atoms with van der Waals surface area (Å²) >= 11 is 5.96. The van der Waals surface area contributed by atoms with Crippen LogP contribution >= 0.6 is 11.6 Å². The lowest BCUT2D eigenvalue weighted by atomic mass is 10.2. The predicted molar refractivity (Wildman–Crippen MR) is 102 cm³/mol. The first kappa shape index (κ1) is 18.6. The average molecular weight is 386 g/mol. The molecule has 0 spiro atoms. The lowest BCUT2D eigenvalue weighted by Crippen LogP contribution is -2.26. The third-order valence-corrected chi connectivity index (χ3v) is 4.12. The van der Waals surface area contributed by atoms with E-state index in [1.54, 1.807) is 38.2 Å². The maximum atomic E-state index is 12.6. The van der Waals surface area contributed by atoms with E-state index in [-0.39, 0.29) is 12.3 Å². The molecule has 1 amide bonds. The van der Waals surface area contributed by atoms with Crippen molar-refractivity contribution < 1.29 is 14.3 Å². The van der Waals surface area contributed by atoms with E-state index in [1.165, 1.54) is 22.9 Å². The van der Waals surface area contributed by atoms with E-state index in [9.17, 15) is 14.4 Å². The Labute approximate surface area is 159 Å². The molecule has 1 aromatic heterocycles. The molecule has 2 aromatic carbocycles. The van der Waals surface area contributed by atoms with Gasteiger partial charge in [0.1, 0.15) is 0 Å². The summed E-state index contributed by atoms with van der Waals surface area (Å²) in [5.41, 5.74) is 0.597. The zero-order chi connectivity index (χ0) is 19.6. The van der Waals surface area contributed by atoms with Crippen molar-refractivity contribution in [3.8, 4) is 0 Å². The number of esters is 1. The van der Waals surface area contributed by atoms with Gasteiger partial charge >= 0.3 is 5.97 Å². The van der Waals surface area contributed by atoms with E-state index in [1.807, 2.05) is 0 Å². The molecule has 0 radical (unpaired) electrons. The molecule has 0 atom stereocenters. The van der Waals surface area contributed by atoms with Gasteiger partial charge in [-0.15, -0.1) is 0 Å². The Morgan fingerprint density at radius 3 is 2.56 bits per heavy atom. The molecule has 3 aromatic rings. The fourth-order valence-electron chi connectivity index (χ4n) is 2.59. The molecule has 27 heavy (non-hydrogen) atoms. The van der Waals surface area contributed by atoms with Crippen LogP contribution in [0.4, 0.5) is 5.69 Å². The number of amides is 1. The summed E-state index contributed by atoms with van der Waals surface area (Å²) in [5, 5.41) is 7.38. The minimum absolute atomic E-state index is 0.248. The second kappa shape index (κ2) is 7.59. The maximum Gasteiger partial charge on any atom is 0.338 e. The van der Waals surface area contributed by atoms with Crippen molar-refractivity contribution >= 4 is 40.1 Å². The molecule has 0 unspecified atom stereocenters. The number of fused-ring (bicyclic) bond motifs is 1. The number of nitrogens with one attached hydrogen (secondary N) is 1. The number of benzene rings is 2. The number of halogens is 1. The number of carbonyl (C=O) groups is 2. The highest BCUT2D eigenvalue weighted by Gasteiger charge is 2.17. The Kier molecular flexibility index (Phi) is 5.23. The van der Waals surface area contributed by atoms with Crippen LogP contribution in [-0.4, -0.2) is 28.3 Å². The highest BCUT2D eigenvalue weighted by Crippen LogP contribution is 2.16. The molecular formula is C19H16ClN3O4. The predicted octanol–water partition coefficient (Wildman–Crippen LogP) is 3.02. The summed E-state index contributed by atoms with van der Waals surface area (Å²) in [7, 11) is 1.64. The molecule has 0 aliphatic rings. The summed E-state index contributed by atoms with van der Waals surface area (Å²) in [4.78, 5) is 36.8. The molecule has 0 fully saturated rings. The van der Waals surface area contributed by atoms with Crippen molar-refractivity contribution in [1.29, 1.82) is 0 Å². The zero-order valence-corrected chi connectivity index (χ0v) is 15.4. The van der Waals surface area contributed by atoms with Crippen LogP contribution in [0.5, 0.6) is 0 Å². The molecule has 0 saturated heterocycles. The van der Waals surface area contributed by atoms with Gasteiger partial charge < -0.3 is 10.1 Å². The van der Waals surface area contributed by atoms with E-state index in [0.29, 0.717) is 27.2 Å². The Hall–Kier alpha value is -3.19. The highest BCUT2D eigenvalue weighted by atomic mass is 35.5. The maximum absolute atomic E-state index is 12.6. The highest BCUT2D eigenvalue weighted by molar-refractivity contribution is 6.31. The monoisotopic (exact) mass is 385 g/mol. The van der Waals surface area contributed by atoms with Gasteiger partial charge in [0.05, 0.1) is 23.1 Å². The molecule has 0 bridgehead atoms. The van der Waals surface area contributed by atoms with Crippen molar-refractivity contribution in [3.05, 3.63) is 69.0 Å². The van der Waals surface area contributed by atoms with Crippen molar-refractivity contribution in [3.63, 3.8) is 0 Å². The Bertz CT molecular complexity index is 1090. The Morgan fingerprint density at radius 1 is 1.19 bits per heavy atom. The van der Waals surface area contributed by atoms with Crippen LogP contribution in [0.3, 0.4) is 0 Å². The van der Waals surface area contributed by atoms with E-state index in [2.05, 4.69) is 10.4 Å². The van der Waals surface area contributed by atoms with Gasteiger partial charge in [-0.3, -0.25) is 14.3 Å². The van der Waals surface area contributed by atoms with E-state index in [4.69, 9.17) is 16.3 Å². The number of ether oxygens (including phenoxy) is 1. The van der Waals surface area contributed by atoms with Gasteiger partial charge in [0.25, 0.3) is 5.91 Å². The lowest BCUT2D eigenvalue weighted by Gasteiger charge is -2.09. The van der Waals surface area contributed by atoms with Crippen LogP contribution < -0.4 is 10.7 Å². The fraction of sp³-hybridized carbons (Fsp3) is 0.158.